The minimum atomic E-state index is 0.459. The summed E-state index contributed by atoms with van der Waals surface area (Å²) in [6.07, 6.45) is 16.0. The summed E-state index contributed by atoms with van der Waals surface area (Å²) >= 11 is 10.3. The Labute approximate surface area is 620 Å². The average molecular weight is 1540 g/mol. The number of carbonyl (C=O) groups excluding carboxylic acids is 1. The highest BCUT2D eigenvalue weighted by Crippen LogP contribution is 2.33. The summed E-state index contributed by atoms with van der Waals surface area (Å²) in [5, 5.41) is 7.15. The SMILES string of the molecule is Brc1ccc2cc[nH]c2c1.COc1ccc(Cn2ccc3ccc(-c4ccc5c(c4)CC=C5)cc32)cc1.COc1ccc(Cn2ccc3ccc(-c4ccc5ccn(Cc6cccc(OC=O)c6)c5c4)cc32)cc1.COc1ccc(Cn2ccc3ccc(Br)cc32)cc1.Cc1ccc(CBr)cc1. The molecule has 0 unspecified atom stereocenters. The van der Waals surface area contributed by atoms with Crippen LogP contribution in [0.5, 0.6) is 23.0 Å². The van der Waals surface area contributed by atoms with Gasteiger partial charge in [0, 0.05) is 99.0 Å². The first kappa shape index (κ1) is 69.6. The lowest BCUT2D eigenvalue weighted by atomic mass is 9.99. The number of ether oxygens (including phenoxy) is 4. The number of fused-ring (bicyclic) bond motifs is 6. The second-order valence-electron chi connectivity index (χ2n) is 25.1. The fourth-order valence-corrected chi connectivity index (χ4v) is 13.8. The van der Waals surface area contributed by atoms with Crippen molar-refractivity contribution in [2.24, 2.45) is 0 Å². The number of rotatable bonds is 16. The number of aromatic nitrogens is 5. The van der Waals surface area contributed by atoms with E-state index < -0.39 is 0 Å². The van der Waals surface area contributed by atoms with Crippen molar-refractivity contribution in [1.29, 1.82) is 0 Å². The third-order valence-electron chi connectivity index (χ3n) is 18.3. The van der Waals surface area contributed by atoms with Crippen molar-refractivity contribution >= 4 is 115 Å². The van der Waals surface area contributed by atoms with Gasteiger partial charge in [-0.25, -0.2) is 0 Å². The lowest BCUT2D eigenvalue weighted by molar-refractivity contribution is -0.120. The van der Waals surface area contributed by atoms with Crippen molar-refractivity contribution in [3.05, 3.63) is 351 Å². The zero-order valence-corrected chi connectivity index (χ0v) is 61.9. The van der Waals surface area contributed by atoms with Gasteiger partial charge >= 0.3 is 0 Å². The molecule has 0 bridgehead atoms. The van der Waals surface area contributed by atoms with Gasteiger partial charge in [-0.3, -0.25) is 4.79 Å². The van der Waals surface area contributed by atoms with E-state index in [1.807, 2.05) is 66.9 Å². The molecule has 5 heterocycles. The van der Waals surface area contributed by atoms with Crippen molar-refractivity contribution in [3.63, 3.8) is 0 Å². The molecule has 0 radical (unpaired) electrons. The number of allylic oxidation sites excluding steroid dienone is 1. The third kappa shape index (κ3) is 17.3. The smallest absolute Gasteiger partial charge is 0.298 e. The highest BCUT2D eigenvalue weighted by atomic mass is 79.9. The fourth-order valence-electron chi connectivity index (χ4n) is 12.7. The molecular weight excluding hydrogens is 1460 g/mol. The molecule has 17 rings (SSSR count). The zero-order chi connectivity index (χ0) is 70.3. The maximum Gasteiger partial charge on any atom is 0.298 e. The number of halogens is 3. The Bertz CT molecular complexity index is 5530. The molecule has 0 atom stereocenters. The molecule has 1 N–H and O–H groups in total. The van der Waals surface area contributed by atoms with E-state index in [-0.39, 0.29) is 0 Å². The minimum absolute atomic E-state index is 0.459. The lowest BCUT2D eigenvalue weighted by Crippen LogP contribution is -1.99. The molecule has 16 aromatic rings. The molecule has 1 aliphatic rings. The van der Waals surface area contributed by atoms with Gasteiger partial charge in [0.2, 0.25) is 0 Å². The van der Waals surface area contributed by atoms with Gasteiger partial charge in [0.05, 0.1) is 21.3 Å². The van der Waals surface area contributed by atoms with Gasteiger partial charge < -0.3 is 42.2 Å². The van der Waals surface area contributed by atoms with Gasteiger partial charge in [0.15, 0.2) is 0 Å². The van der Waals surface area contributed by atoms with Crippen LogP contribution >= 0.6 is 47.8 Å². The summed E-state index contributed by atoms with van der Waals surface area (Å²) in [5.41, 5.74) is 21.2. The molecule has 0 saturated heterocycles. The van der Waals surface area contributed by atoms with E-state index in [2.05, 4.69) is 309 Å². The predicted molar refractivity (Wildman–Crippen MR) is 431 cm³/mol. The summed E-state index contributed by atoms with van der Waals surface area (Å²) in [4.78, 5) is 13.8. The first-order valence-electron chi connectivity index (χ1n) is 33.7. The number of nitrogens with one attached hydrogen (secondary N) is 1. The predicted octanol–water partition coefficient (Wildman–Crippen LogP) is 23.1. The molecule has 11 aromatic carbocycles. The number of benzene rings is 11. The number of hydrogen-bond acceptors (Lipinski definition) is 5. The van der Waals surface area contributed by atoms with Gasteiger partial charge in [-0.1, -0.05) is 205 Å². The number of nitrogens with zero attached hydrogens (tertiary/aromatic N) is 4. The highest BCUT2D eigenvalue weighted by Gasteiger charge is 2.13. The summed E-state index contributed by atoms with van der Waals surface area (Å²) in [5.74, 6) is 3.20. The molecular formula is C89H76Br3N5O5. The molecule has 508 valence electrons. The number of alkyl halides is 1. The van der Waals surface area contributed by atoms with E-state index in [1.54, 1.807) is 27.4 Å². The van der Waals surface area contributed by atoms with Crippen LogP contribution in [-0.4, -0.2) is 51.1 Å². The Kier molecular flexibility index (Phi) is 22.6. The summed E-state index contributed by atoms with van der Waals surface area (Å²) < 4.78 is 32.1. The highest BCUT2D eigenvalue weighted by molar-refractivity contribution is 9.10. The number of H-pyrrole nitrogens is 1. The van der Waals surface area contributed by atoms with Gasteiger partial charge in [-0.05, 0) is 223 Å². The summed E-state index contributed by atoms with van der Waals surface area (Å²) in [7, 11) is 5.07. The van der Waals surface area contributed by atoms with E-state index in [4.69, 9.17) is 18.9 Å². The summed E-state index contributed by atoms with van der Waals surface area (Å²) in [6.45, 7) is 5.76. The van der Waals surface area contributed by atoms with E-state index >= 15 is 0 Å². The maximum absolute atomic E-state index is 10.7. The Morgan fingerprint density at radius 3 is 1.29 bits per heavy atom. The minimum Gasteiger partial charge on any atom is -0.497 e. The zero-order valence-electron chi connectivity index (χ0n) is 57.2. The second-order valence-corrected chi connectivity index (χ2v) is 27.4. The van der Waals surface area contributed by atoms with Gasteiger partial charge in [-0.2, -0.15) is 0 Å². The average Bonchev–Trinajstić information content (AvgIpc) is 1.56. The standard InChI is InChI=1S/C32H26N2O3.C25H21NO.C16H14BrNO.C8H6BrN.C8H9Br/c1-36-29-11-5-23(6-12-29)20-33-15-13-25-7-9-27(18-31(25)33)28-10-8-26-14-16-34(32(26)19-28)21-24-3-2-4-30(17-24)37-22-35;1-27-24-11-5-18(6-12-24)17-26-14-13-20-8-10-23(16-25(20)26)22-9-7-19-3-2-4-21(19)15-22;1-19-15-6-2-12(3-7-15)11-18-9-8-13-4-5-14(17)10-16(13)18;9-7-2-1-6-3-4-10-8(6)5-7;1-7-2-4-8(6-9)5-3-7/h2-19,22H,20-21H2,1H3;2-3,5-16H,4,17H2,1H3;2-10H,11H2,1H3;1-5,10H;2-5H,6H2,1H3. The Morgan fingerprint density at radius 1 is 0.402 bits per heavy atom. The van der Waals surface area contributed by atoms with Crippen LogP contribution < -0.4 is 18.9 Å². The lowest BCUT2D eigenvalue weighted by Gasteiger charge is -2.10. The number of aryl methyl sites for hydroxylation is 1. The van der Waals surface area contributed by atoms with Crippen molar-refractivity contribution in [2.45, 2.75) is 44.9 Å². The first-order chi connectivity index (χ1) is 49.9. The van der Waals surface area contributed by atoms with Crippen LogP contribution in [0.3, 0.4) is 0 Å². The van der Waals surface area contributed by atoms with Crippen LogP contribution in [0.15, 0.2) is 307 Å². The van der Waals surface area contributed by atoms with Crippen LogP contribution in [0.2, 0.25) is 0 Å². The molecule has 0 saturated carbocycles. The van der Waals surface area contributed by atoms with Crippen molar-refractivity contribution in [1.82, 2.24) is 23.3 Å². The number of carbonyl (C=O) groups is 1. The van der Waals surface area contributed by atoms with E-state index in [0.717, 1.165) is 68.7 Å². The van der Waals surface area contributed by atoms with Crippen molar-refractivity contribution in [2.75, 3.05) is 21.3 Å². The van der Waals surface area contributed by atoms with Crippen LogP contribution in [0, 0.1) is 6.92 Å². The maximum atomic E-state index is 10.7. The third-order valence-corrected chi connectivity index (χ3v) is 19.9. The Balaban J connectivity index is 0.000000124. The first-order valence-corrected chi connectivity index (χ1v) is 36.4. The number of aromatic amines is 1. The van der Waals surface area contributed by atoms with Gasteiger partial charge in [0.1, 0.15) is 23.0 Å². The van der Waals surface area contributed by atoms with E-state index in [9.17, 15) is 4.79 Å². The number of hydrogen-bond donors (Lipinski definition) is 1. The van der Waals surface area contributed by atoms with Crippen LogP contribution in [0.1, 0.15) is 44.5 Å². The van der Waals surface area contributed by atoms with Crippen LogP contribution in [0.25, 0.3) is 82.8 Å². The van der Waals surface area contributed by atoms with Crippen LogP contribution in [0.4, 0.5) is 0 Å². The molecule has 13 heteroatoms. The molecule has 0 fully saturated rings. The van der Waals surface area contributed by atoms with Gasteiger partial charge in [-0.15, -0.1) is 0 Å². The van der Waals surface area contributed by atoms with E-state index in [0.29, 0.717) is 18.8 Å². The normalized spacial score (nSPS) is 11.2. The Hall–Kier alpha value is -10.8. The second kappa shape index (κ2) is 33.1. The molecule has 10 nitrogen and oxygen atoms in total. The number of methoxy groups -OCH3 is 3. The Morgan fingerprint density at radius 2 is 0.824 bits per heavy atom. The fraction of sp³-hybridized carbons (Fsp3) is 0.112. The largest absolute Gasteiger partial charge is 0.497 e. The molecule has 0 amide bonds. The molecule has 0 spiro atoms. The molecule has 1 aliphatic carbocycles. The van der Waals surface area contributed by atoms with Gasteiger partial charge in [0.25, 0.3) is 6.47 Å². The van der Waals surface area contributed by atoms with Crippen molar-refractivity contribution in [3.8, 4) is 45.3 Å². The monoisotopic (exact) mass is 1530 g/mol. The van der Waals surface area contributed by atoms with Crippen LogP contribution in [-0.2, 0) is 42.7 Å². The topological polar surface area (TPSA) is 89.5 Å². The van der Waals surface area contributed by atoms with E-state index in [1.165, 1.54) is 110 Å². The molecule has 102 heavy (non-hydrogen) atoms. The summed E-state index contributed by atoms with van der Waals surface area (Å²) in [6, 6.07) is 90.9. The molecule has 0 aliphatic heterocycles. The van der Waals surface area contributed by atoms with Crippen molar-refractivity contribution < 1.29 is 23.7 Å². The quantitative estimate of drug-likeness (QED) is 0.0769. The molecule has 5 aromatic heterocycles.